The van der Waals surface area contributed by atoms with Crippen LogP contribution in [0, 0.1) is 0 Å². The van der Waals surface area contributed by atoms with Gasteiger partial charge in [-0.05, 0) is 41.5 Å². The molecule has 0 amide bonds. The summed E-state index contributed by atoms with van der Waals surface area (Å²) in [6.07, 6.45) is 6.56. The lowest BCUT2D eigenvalue weighted by atomic mass is 10.1. The second-order valence-corrected chi connectivity index (χ2v) is 8.24. The summed E-state index contributed by atoms with van der Waals surface area (Å²) in [5, 5.41) is 3.79. The van der Waals surface area contributed by atoms with Crippen molar-refractivity contribution in [3.8, 4) is 0 Å². The van der Waals surface area contributed by atoms with E-state index in [0.29, 0.717) is 0 Å². The smallest absolute Gasteiger partial charge is 0.206 e. The second kappa shape index (κ2) is 7.74. The number of nitrogens with one attached hydrogen (secondary N) is 1. The van der Waals surface area contributed by atoms with Crippen LogP contribution in [0.25, 0.3) is 22.0 Å². The Morgan fingerprint density at radius 3 is 2.48 bits per heavy atom. The summed E-state index contributed by atoms with van der Waals surface area (Å²) in [6.45, 7) is 0. The Morgan fingerprint density at radius 2 is 1.69 bits per heavy atom. The minimum Gasteiger partial charge on any atom is -0.295 e. The number of aromatic nitrogens is 1. The predicted molar refractivity (Wildman–Crippen MR) is 124 cm³/mol. The third-order valence-corrected chi connectivity index (χ3v) is 6.09. The quantitative estimate of drug-likeness (QED) is 0.418. The normalized spacial score (nSPS) is 16.4. The van der Waals surface area contributed by atoms with Crippen molar-refractivity contribution in [2.45, 2.75) is 6.04 Å². The highest BCUT2D eigenvalue weighted by Crippen LogP contribution is 2.33. The van der Waals surface area contributed by atoms with Gasteiger partial charge in [0, 0.05) is 5.02 Å². The van der Waals surface area contributed by atoms with Gasteiger partial charge in [-0.1, -0.05) is 89.7 Å². The molecule has 0 aliphatic carbocycles. The van der Waals surface area contributed by atoms with Gasteiger partial charge in [0.15, 0.2) is 0 Å². The molecule has 0 radical (unpaired) electrons. The average Bonchev–Trinajstić information content (AvgIpc) is 3.37. The van der Waals surface area contributed by atoms with Gasteiger partial charge in [0.1, 0.15) is 0 Å². The molecular formula is C24H18ClN3S. The molecule has 3 aromatic carbocycles. The van der Waals surface area contributed by atoms with Crippen molar-refractivity contribution in [3.05, 3.63) is 107 Å². The Labute approximate surface area is 178 Å². The molecule has 142 valence electrons. The molecule has 1 atom stereocenters. The SMILES string of the molecule is Clc1ccc(C2=CC(C=Cc3ccccc3)N(c3nc4ccccc4s3)N2)cc1. The maximum atomic E-state index is 6.06. The maximum absolute atomic E-state index is 6.06. The van der Waals surface area contributed by atoms with Gasteiger partial charge >= 0.3 is 0 Å². The lowest BCUT2D eigenvalue weighted by Crippen LogP contribution is -2.37. The van der Waals surface area contributed by atoms with Gasteiger partial charge in [-0.25, -0.2) is 4.98 Å². The first-order valence-electron chi connectivity index (χ1n) is 9.39. The Bertz CT molecular complexity index is 1160. The van der Waals surface area contributed by atoms with Crippen molar-refractivity contribution in [2.75, 3.05) is 5.01 Å². The third-order valence-electron chi connectivity index (χ3n) is 4.81. The summed E-state index contributed by atoms with van der Waals surface area (Å²) in [5.74, 6) is 0. The van der Waals surface area contributed by atoms with E-state index in [1.54, 1.807) is 11.3 Å². The maximum Gasteiger partial charge on any atom is 0.206 e. The van der Waals surface area contributed by atoms with E-state index in [2.05, 4.69) is 46.9 Å². The molecule has 5 rings (SSSR count). The van der Waals surface area contributed by atoms with Gasteiger partial charge in [-0.3, -0.25) is 10.4 Å². The summed E-state index contributed by atoms with van der Waals surface area (Å²) in [6, 6.07) is 26.5. The number of fused-ring (bicyclic) bond motifs is 1. The van der Waals surface area contributed by atoms with Crippen molar-refractivity contribution < 1.29 is 0 Å². The van der Waals surface area contributed by atoms with Gasteiger partial charge in [0.05, 0.1) is 22.0 Å². The summed E-state index contributed by atoms with van der Waals surface area (Å²) in [5.41, 5.74) is 7.86. The van der Waals surface area contributed by atoms with Crippen LogP contribution in [0.5, 0.6) is 0 Å². The molecule has 5 heteroatoms. The molecule has 0 spiro atoms. The average molecular weight is 416 g/mol. The van der Waals surface area contributed by atoms with E-state index in [1.807, 2.05) is 60.7 Å². The van der Waals surface area contributed by atoms with Crippen LogP contribution in [0.1, 0.15) is 11.1 Å². The minimum atomic E-state index is 0.0430. The summed E-state index contributed by atoms with van der Waals surface area (Å²) in [7, 11) is 0. The number of para-hydroxylation sites is 1. The number of hydrogen-bond acceptors (Lipinski definition) is 4. The van der Waals surface area contributed by atoms with Gasteiger partial charge in [-0.2, -0.15) is 0 Å². The van der Waals surface area contributed by atoms with Crippen LogP contribution < -0.4 is 10.4 Å². The molecule has 1 unspecified atom stereocenters. The van der Waals surface area contributed by atoms with Crippen LogP contribution >= 0.6 is 22.9 Å². The second-order valence-electron chi connectivity index (χ2n) is 6.79. The fourth-order valence-corrected chi connectivity index (χ4v) is 4.43. The number of benzene rings is 3. The van der Waals surface area contributed by atoms with E-state index >= 15 is 0 Å². The largest absolute Gasteiger partial charge is 0.295 e. The van der Waals surface area contributed by atoms with E-state index in [9.17, 15) is 0 Å². The Hall–Kier alpha value is -3.08. The lowest BCUT2D eigenvalue weighted by molar-refractivity contribution is 0.776. The van der Waals surface area contributed by atoms with E-state index in [0.717, 1.165) is 26.9 Å². The van der Waals surface area contributed by atoms with Crippen LogP contribution in [-0.4, -0.2) is 11.0 Å². The predicted octanol–water partition coefficient (Wildman–Crippen LogP) is 6.40. The van der Waals surface area contributed by atoms with E-state index in [1.165, 1.54) is 10.3 Å². The molecule has 1 aliphatic heterocycles. The highest BCUT2D eigenvalue weighted by Gasteiger charge is 2.26. The molecule has 3 nitrogen and oxygen atoms in total. The van der Waals surface area contributed by atoms with Crippen molar-refractivity contribution in [1.82, 2.24) is 10.4 Å². The van der Waals surface area contributed by atoms with E-state index in [-0.39, 0.29) is 6.04 Å². The first-order chi connectivity index (χ1) is 14.3. The number of halogens is 1. The molecule has 0 saturated heterocycles. The third kappa shape index (κ3) is 3.77. The molecule has 1 aliphatic rings. The number of rotatable bonds is 4. The number of anilines is 1. The molecule has 1 aromatic heterocycles. The zero-order valence-corrected chi connectivity index (χ0v) is 17.1. The Balaban J connectivity index is 1.51. The van der Waals surface area contributed by atoms with Crippen LogP contribution in [0.4, 0.5) is 5.13 Å². The highest BCUT2D eigenvalue weighted by molar-refractivity contribution is 7.22. The fourth-order valence-electron chi connectivity index (χ4n) is 3.33. The first-order valence-corrected chi connectivity index (χ1v) is 10.6. The summed E-state index contributed by atoms with van der Waals surface area (Å²) in [4.78, 5) is 4.84. The molecule has 0 fully saturated rings. The molecule has 4 aromatic rings. The van der Waals surface area contributed by atoms with Crippen LogP contribution in [-0.2, 0) is 0 Å². The van der Waals surface area contributed by atoms with Gasteiger partial charge in [0.2, 0.25) is 5.13 Å². The van der Waals surface area contributed by atoms with Crippen molar-refractivity contribution in [1.29, 1.82) is 0 Å². The molecule has 2 heterocycles. The van der Waals surface area contributed by atoms with Crippen LogP contribution in [0.15, 0.2) is 91.0 Å². The Kier molecular flexibility index (Phi) is 4.80. The van der Waals surface area contributed by atoms with Crippen LogP contribution in [0.2, 0.25) is 5.02 Å². The highest BCUT2D eigenvalue weighted by atomic mass is 35.5. The standard InChI is InChI=1S/C24H18ClN3S/c25-19-13-11-18(12-14-19)22-16-20(15-10-17-6-2-1-3-7-17)28(27-22)24-26-21-8-4-5-9-23(21)29-24/h1-16,20,27H. The monoisotopic (exact) mass is 415 g/mol. The molecule has 29 heavy (non-hydrogen) atoms. The molecule has 0 bridgehead atoms. The summed E-state index contributed by atoms with van der Waals surface area (Å²) < 4.78 is 1.18. The molecular weight excluding hydrogens is 398 g/mol. The van der Waals surface area contributed by atoms with Crippen molar-refractivity contribution in [2.24, 2.45) is 0 Å². The topological polar surface area (TPSA) is 28.2 Å². The first kappa shape index (κ1) is 18.0. The van der Waals surface area contributed by atoms with Crippen LogP contribution in [0.3, 0.4) is 0 Å². The van der Waals surface area contributed by atoms with E-state index < -0.39 is 0 Å². The number of hydrogen-bond donors (Lipinski definition) is 1. The number of thiazole rings is 1. The number of nitrogens with zero attached hydrogens (tertiary/aromatic N) is 2. The van der Waals surface area contributed by atoms with Crippen molar-refractivity contribution in [3.63, 3.8) is 0 Å². The Morgan fingerprint density at radius 1 is 0.931 bits per heavy atom. The molecule has 0 saturated carbocycles. The number of hydrazine groups is 1. The van der Waals surface area contributed by atoms with Gasteiger partial charge in [0.25, 0.3) is 0 Å². The zero-order chi connectivity index (χ0) is 19.6. The van der Waals surface area contributed by atoms with Gasteiger partial charge in [-0.15, -0.1) is 0 Å². The van der Waals surface area contributed by atoms with Gasteiger partial charge < -0.3 is 0 Å². The summed E-state index contributed by atoms with van der Waals surface area (Å²) >= 11 is 7.75. The fraction of sp³-hybridized carbons (Fsp3) is 0.0417. The minimum absolute atomic E-state index is 0.0430. The zero-order valence-electron chi connectivity index (χ0n) is 15.5. The van der Waals surface area contributed by atoms with E-state index in [4.69, 9.17) is 16.6 Å². The molecule has 1 N–H and O–H groups in total. The lowest BCUT2D eigenvalue weighted by Gasteiger charge is -2.22. The van der Waals surface area contributed by atoms with Crippen molar-refractivity contribution >= 4 is 50.1 Å².